The molecule has 0 amide bonds. The molecule has 1 N–H and O–H groups in total. The van der Waals surface area contributed by atoms with Crippen LogP contribution in [-0.4, -0.2) is 31.7 Å². The summed E-state index contributed by atoms with van der Waals surface area (Å²) in [6.45, 7) is 1.35. The summed E-state index contributed by atoms with van der Waals surface area (Å²) >= 11 is 6.88. The van der Waals surface area contributed by atoms with Gasteiger partial charge in [-0.15, -0.1) is 23.7 Å². The van der Waals surface area contributed by atoms with E-state index in [4.69, 9.17) is 11.6 Å². The molecule has 0 saturated carbocycles. The fourth-order valence-corrected chi connectivity index (χ4v) is 4.66. The van der Waals surface area contributed by atoms with Gasteiger partial charge in [-0.05, 0) is 13.0 Å². The van der Waals surface area contributed by atoms with E-state index in [2.05, 4.69) is 10.3 Å². The van der Waals surface area contributed by atoms with Crippen LogP contribution in [0.15, 0.2) is 6.20 Å². The zero-order valence-corrected chi connectivity index (χ0v) is 11.6. The van der Waals surface area contributed by atoms with E-state index in [-0.39, 0.29) is 23.4 Å². The van der Waals surface area contributed by atoms with Gasteiger partial charge < -0.3 is 5.32 Å². The number of sulfone groups is 1. The topological polar surface area (TPSA) is 59.1 Å². The van der Waals surface area contributed by atoms with Gasteiger partial charge in [-0.1, -0.05) is 11.6 Å². The van der Waals surface area contributed by atoms with Crippen LogP contribution in [0.5, 0.6) is 0 Å². The van der Waals surface area contributed by atoms with Gasteiger partial charge in [0, 0.05) is 17.6 Å². The quantitative estimate of drug-likeness (QED) is 0.919. The molecule has 2 rings (SSSR count). The average Bonchev–Trinajstić information content (AvgIpc) is 2.75. The first kappa shape index (κ1) is 14.2. The van der Waals surface area contributed by atoms with E-state index < -0.39 is 9.84 Å². The highest BCUT2D eigenvalue weighted by molar-refractivity contribution is 7.91. The monoisotopic (exact) mass is 302 g/mol. The zero-order chi connectivity index (χ0) is 10.9. The molecule has 1 aliphatic rings. The van der Waals surface area contributed by atoms with Crippen LogP contribution in [0.4, 0.5) is 0 Å². The Bertz CT molecular complexity index is 441. The molecule has 0 spiro atoms. The minimum Gasteiger partial charge on any atom is -0.315 e. The molecule has 8 heteroatoms. The Kier molecular flexibility index (Phi) is 5.00. The van der Waals surface area contributed by atoms with Gasteiger partial charge in [-0.25, -0.2) is 13.4 Å². The number of thiazole rings is 1. The summed E-state index contributed by atoms with van der Waals surface area (Å²) in [5.74, 6) is 0.0593. The molecule has 0 aromatic carbocycles. The zero-order valence-electron chi connectivity index (χ0n) is 8.35. The number of aromatic nitrogens is 1. The van der Waals surface area contributed by atoms with Gasteiger partial charge >= 0.3 is 0 Å². The van der Waals surface area contributed by atoms with Crippen molar-refractivity contribution in [3.8, 4) is 0 Å². The van der Waals surface area contributed by atoms with E-state index >= 15 is 0 Å². The molecule has 1 saturated heterocycles. The van der Waals surface area contributed by atoms with E-state index in [1.807, 2.05) is 0 Å². The second-order valence-electron chi connectivity index (χ2n) is 3.50. The van der Waals surface area contributed by atoms with Crippen LogP contribution in [0, 0.1) is 0 Å². The van der Waals surface area contributed by atoms with E-state index in [9.17, 15) is 8.42 Å². The standard InChI is InChI=1S/C8H11ClN2O2S2.ClH/c9-8-11-3-6(14-8)5-15(12,13)7-1-2-10-4-7;/h3,7,10H,1-2,4-5H2;1H/t7-;/m0./s1. The third kappa shape index (κ3) is 3.30. The number of halogens is 2. The molecule has 1 atom stereocenters. The molecule has 0 aliphatic carbocycles. The van der Waals surface area contributed by atoms with Gasteiger partial charge in [0.05, 0.1) is 11.0 Å². The summed E-state index contributed by atoms with van der Waals surface area (Å²) in [6.07, 6.45) is 2.24. The largest absolute Gasteiger partial charge is 0.315 e. The minimum absolute atomic E-state index is 0. The highest BCUT2D eigenvalue weighted by Gasteiger charge is 2.29. The Balaban J connectivity index is 0.00000128. The third-order valence-electron chi connectivity index (χ3n) is 2.39. The molecular formula is C8H12Cl2N2O2S2. The van der Waals surface area contributed by atoms with E-state index in [1.165, 1.54) is 17.5 Å². The third-order valence-corrected chi connectivity index (χ3v) is 5.82. The molecule has 1 fully saturated rings. The van der Waals surface area contributed by atoms with E-state index in [0.717, 1.165) is 6.54 Å². The van der Waals surface area contributed by atoms with Crippen LogP contribution < -0.4 is 5.32 Å². The van der Waals surface area contributed by atoms with Gasteiger partial charge in [0.2, 0.25) is 0 Å². The van der Waals surface area contributed by atoms with Crippen molar-refractivity contribution < 1.29 is 8.42 Å². The van der Waals surface area contributed by atoms with Crippen molar-refractivity contribution >= 4 is 45.2 Å². The lowest BCUT2D eigenvalue weighted by molar-refractivity contribution is 0.582. The van der Waals surface area contributed by atoms with Gasteiger partial charge in [0.15, 0.2) is 14.3 Å². The van der Waals surface area contributed by atoms with Crippen molar-refractivity contribution in [3.05, 3.63) is 15.5 Å². The maximum Gasteiger partial charge on any atom is 0.183 e. The average molecular weight is 303 g/mol. The normalized spacial score (nSPS) is 20.7. The summed E-state index contributed by atoms with van der Waals surface area (Å²) < 4.78 is 24.2. The second kappa shape index (κ2) is 5.64. The molecule has 0 bridgehead atoms. The first-order chi connectivity index (χ1) is 7.08. The fraction of sp³-hybridized carbons (Fsp3) is 0.625. The van der Waals surface area contributed by atoms with Crippen LogP contribution in [0.25, 0.3) is 0 Å². The van der Waals surface area contributed by atoms with Crippen molar-refractivity contribution in [1.82, 2.24) is 10.3 Å². The predicted octanol–water partition coefficient (Wildman–Crippen LogP) is 1.50. The highest BCUT2D eigenvalue weighted by atomic mass is 35.5. The van der Waals surface area contributed by atoms with Crippen LogP contribution in [0.2, 0.25) is 4.47 Å². The Morgan fingerprint density at radius 2 is 2.38 bits per heavy atom. The smallest absolute Gasteiger partial charge is 0.183 e. The summed E-state index contributed by atoms with van der Waals surface area (Å²) in [5, 5.41) is 2.80. The molecule has 1 aliphatic heterocycles. The van der Waals surface area contributed by atoms with Crippen molar-refractivity contribution in [2.75, 3.05) is 13.1 Å². The van der Waals surface area contributed by atoms with Gasteiger partial charge in [-0.3, -0.25) is 0 Å². The Labute approximate surface area is 110 Å². The molecule has 16 heavy (non-hydrogen) atoms. The van der Waals surface area contributed by atoms with Gasteiger partial charge in [0.25, 0.3) is 0 Å². The van der Waals surface area contributed by atoms with Crippen molar-refractivity contribution in [2.24, 2.45) is 0 Å². The maximum absolute atomic E-state index is 11.9. The number of hydrogen-bond acceptors (Lipinski definition) is 5. The second-order valence-corrected chi connectivity index (χ2v) is 7.48. The summed E-state index contributed by atoms with van der Waals surface area (Å²) in [5.41, 5.74) is 0. The van der Waals surface area contributed by atoms with E-state index in [1.54, 1.807) is 0 Å². The molecule has 0 unspecified atom stereocenters. The Morgan fingerprint density at radius 3 is 2.88 bits per heavy atom. The molecule has 92 valence electrons. The Morgan fingerprint density at radius 1 is 1.62 bits per heavy atom. The lowest BCUT2D eigenvalue weighted by Gasteiger charge is -2.08. The molecule has 0 radical (unpaired) electrons. The van der Waals surface area contributed by atoms with Crippen LogP contribution in [0.3, 0.4) is 0 Å². The predicted molar refractivity (Wildman–Crippen MR) is 68.3 cm³/mol. The van der Waals surface area contributed by atoms with Gasteiger partial charge in [0.1, 0.15) is 0 Å². The van der Waals surface area contributed by atoms with Crippen molar-refractivity contribution in [1.29, 1.82) is 0 Å². The number of nitrogens with one attached hydrogen (secondary N) is 1. The number of nitrogens with zero attached hydrogens (tertiary/aromatic N) is 1. The van der Waals surface area contributed by atoms with Crippen LogP contribution >= 0.6 is 35.3 Å². The summed E-state index contributed by atoms with van der Waals surface area (Å²) in [4.78, 5) is 4.55. The lowest BCUT2D eigenvalue weighted by atomic mass is 10.4. The highest BCUT2D eigenvalue weighted by Crippen LogP contribution is 2.22. The number of rotatable bonds is 3. The van der Waals surface area contributed by atoms with E-state index in [0.29, 0.717) is 22.3 Å². The fourth-order valence-electron chi connectivity index (χ4n) is 1.60. The number of hydrogen-bond donors (Lipinski definition) is 1. The maximum atomic E-state index is 11.9. The van der Waals surface area contributed by atoms with Crippen molar-refractivity contribution in [3.63, 3.8) is 0 Å². The molecule has 1 aromatic rings. The molecule has 4 nitrogen and oxygen atoms in total. The summed E-state index contributed by atoms with van der Waals surface area (Å²) in [6, 6.07) is 0. The SMILES string of the molecule is Cl.O=S(=O)(Cc1cnc(Cl)s1)[C@H]1CCNC1. The van der Waals surface area contributed by atoms with Crippen LogP contribution in [0.1, 0.15) is 11.3 Å². The minimum atomic E-state index is -3.05. The van der Waals surface area contributed by atoms with Gasteiger partial charge in [-0.2, -0.15) is 0 Å². The Hall–Kier alpha value is 0.120. The molecular weight excluding hydrogens is 291 g/mol. The first-order valence-corrected chi connectivity index (χ1v) is 7.51. The van der Waals surface area contributed by atoms with Crippen LogP contribution in [-0.2, 0) is 15.6 Å². The molecule has 1 aromatic heterocycles. The first-order valence-electron chi connectivity index (χ1n) is 4.60. The van der Waals surface area contributed by atoms with Crippen molar-refractivity contribution in [2.45, 2.75) is 17.4 Å². The lowest BCUT2D eigenvalue weighted by Crippen LogP contribution is -2.24. The summed E-state index contributed by atoms with van der Waals surface area (Å²) in [7, 11) is -3.05. The molecule has 2 heterocycles.